The Bertz CT molecular complexity index is 918. The molecule has 1 amide bonds. The van der Waals surface area contributed by atoms with E-state index in [1.165, 1.54) is 17.0 Å². The largest absolute Gasteiger partial charge is 0.497 e. The van der Waals surface area contributed by atoms with E-state index >= 15 is 0 Å². The third-order valence-corrected chi connectivity index (χ3v) is 6.47. The molecule has 28 heavy (non-hydrogen) atoms. The number of thiophene rings is 1. The monoisotopic (exact) mass is 414 g/mol. The van der Waals surface area contributed by atoms with Gasteiger partial charge in [-0.25, -0.2) is 4.98 Å². The second-order valence-corrected chi connectivity index (χ2v) is 8.32. The molecular formula is C20H22N4O2S2. The number of nitrogens with one attached hydrogen (secondary N) is 1. The normalized spacial score (nSPS) is 14.2. The van der Waals surface area contributed by atoms with E-state index in [9.17, 15) is 4.79 Å². The van der Waals surface area contributed by atoms with Crippen molar-refractivity contribution in [2.75, 3.05) is 43.1 Å². The molecule has 1 aromatic carbocycles. The van der Waals surface area contributed by atoms with Crippen LogP contribution in [0.4, 0.5) is 10.8 Å². The van der Waals surface area contributed by atoms with E-state index in [0.29, 0.717) is 12.2 Å². The maximum absolute atomic E-state index is 12.3. The standard InChI is InChI=1S/C20H22N4O2S2/c1-26-16-5-2-4-15(12-16)23-7-9-24(10-8-23)20-22-18(14-28-20)19(25)21-13-17-6-3-11-27-17/h2-6,11-12,14H,7-10,13H2,1H3,(H,21,25). The van der Waals surface area contributed by atoms with Crippen molar-refractivity contribution in [3.63, 3.8) is 0 Å². The number of rotatable bonds is 6. The molecule has 2 aromatic heterocycles. The SMILES string of the molecule is COc1cccc(N2CCN(c3nc(C(=O)NCc4cccs4)cs3)CC2)c1. The lowest BCUT2D eigenvalue weighted by Gasteiger charge is -2.36. The number of thiazole rings is 1. The van der Waals surface area contributed by atoms with Crippen LogP contribution < -0.4 is 19.9 Å². The molecule has 6 nitrogen and oxygen atoms in total. The second-order valence-electron chi connectivity index (χ2n) is 6.45. The van der Waals surface area contributed by atoms with Gasteiger partial charge in [-0.3, -0.25) is 4.79 Å². The topological polar surface area (TPSA) is 57.7 Å². The Morgan fingerprint density at radius 3 is 2.71 bits per heavy atom. The number of hydrogen-bond donors (Lipinski definition) is 1. The maximum atomic E-state index is 12.3. The van der Waals surface area contributed by atoms with Crippen LogP contribution in [0.15, 0.2) is 47.2 Å². The number of nitrogens with zero attached hydrogens (tertiary/aromatic N) is 3. The van der Waals surface area contributed by atoms with Gasteiger partial charge in [-0.1, -0.05) is 12.1 Å². The first kappa shape index (κ1) is 18.8. The molecule has 1 N–H and O–H groups in total. The van der Waals surface area contributed by atoms with Gasteiger partial charge in [0.1, 0.15) is 11.4 Å². The van der Waals surface area contributed by atoms with Crippen molar-refractivity contribution in [2.24, 2.45) is 0 Å². The number of carbonyl (C=O) groups excluding carboxylic acids is 1. The van der Waals surface area contributed by atoms with Crippen molar-refractivity contribution in [3.8, 4) is 5.75 Å². The fourth-order valence-corrected chi connectivity index (χ4v) is 4.65. The van der Waals surface area contributed by atoms with Crippen LogP contribution in [0.1, 0.15) is 15.4 Å². The van der Waals surface area contributed by atoms with Crippen molar-refractivity contribution in [3.05, 3.63) is 57.7 Å². The van der Waals surface area contributed by atoms with Gasteiger partial charge >= 0.3 is 0 Å². The highest BCUT2D eigenvalue weighted by Gasteiger charge is 2.21. The van der Waals surface area contributed by atoms with Gasteiger partial charge in [0.05, 0.1) is 13.7 Å². The number of ether oxygens (including phenoxy) is 1. The number of benzene rings is 1. The quantitative estimate of drug-likeness (QED) is 0.669. The Kier molecular flexibility index (Phi) is 5.78. The summed E-state index contributed by atoms with van der Waals surface area (Å²) in [7, 11) is 1.69. The number of anilines is 2. The van der Waals surface area contributed by atoms with Crippen LogP contribution in [0.25, 0.3) is 0 Å². The molecule has 0 aliphatic carbocycles. The maximum Gasteiger partial charge on any atom is 0.271 e. The predicted octanol–water partition coefficient (Wildman–Crippen LogP) is 3.47. The van der Waals surface area contributed by atoms with Gasteiger partial charge in [0, 0.05) is 48.2 Å². The molecule has 0 spiro atoms. The number of carbonyl (C=O) groups is 1. The minimum Gasteiger partial charge on any atom is -0.497 e. The van der Waals surface area contributed by atoms with Crippen LogP contribution in [0.2, 0.25) is 0 Å². The molecule has 1 aliphatic rings. The lowest BCUT2D eigenvalue weighted by Crippen LogP contribution is -2.46. The van der Waals surface area contributed by atoms with Gasteiger partial charge in [0.15, 0.2) is 5.13 Å². The smallest absolute Gasteiger partial charge is 0.271 e. The molecule has 0 unspecified atom stereocenters. The first-order valence-corrected chi connectivity index (χ1v) is 10.9. The molecule has 0 bridgehead atoms. The average Bonchev–Trinajstić information content (AvgIpc) is 3.44. The minimum absolute atomic E-state index is 0.120. The molecule has 3 aromatic rings. The fraction of sp³-hybridized carbons (Fsp3) is 0.300. The van der Waals surface area contributed by atoms with E-state index in [4.69, 9.17) is 4.74 Å². The van der Waals surface area contributed by atoms with Crippen molar-refractivity contribution in [2.45, 2.75) is 6.54 Å². The molecule has 0 radical (unpaired) electrons. The first-order valence-electron chi connectivity index (χ1n) is 9.13. The van der Waals surface area contributed by atoms with Gasteiger partial charge in [0.2, 0.25) is 0 Å². The predicted molar refractivity (Wildman–Crippen MR) is 115 cm³/mol. The van der Waals surface area contributed by atoms with E-state index in [0.717, 1.165) is 41.9 Å². The Morgan fingerprint density at radius 2 is 1.96 bits per heavy atom. The molecular weight excluding hydrogens is 392 g/mol. The third-order valence-electron chi connectivity index (χ3n) is 4.70. The molecule has 0 atom stereocenters. The van der Waals surface area contributed by atoms with Crippen LogP contribution in [0, 0.1) is 0 Å². The van der Waals surface area contributed by atoms with Gasteiger partial charge in [-0.2, -0.15) is 0 Å². The average molecular weight is 415 g/mol. The van der Waals surface area contributed by atoms with Crippen molar-refractivity contribution >= 4 is 39.4 Å². The number of hydrogen-bond acceptors (Lipinski definition) is 7. The van der Waals surface area contributed by atoms with E-state index in [1.807, 2.05) is 35.0 Å². The number of amides is 1. The number of piperazine rings is 1. The van der Waals surface area contributed by atoms with Crippen molar-refractivity contribution in [1.82, 2.24) is 10.3 Å². The Labute approximate surface area is 172 Å². The van der Waals surface area contributed by atoms with Gasteiger partial charge in [-0.15, -0.1) is 22.7 Å². The second kappa shape index (κ2) is 8.62. The summed E-state index contributed by atoms with van der Waals surface area (Å²) >= 11 is 3.16. The summed E-state index contributed by atoms with van der Waals surface area (Å²) in [5.74, 6) is 0.754. The molecule has 1 saturated heterocycles. The van der Waals surface area contributed by atoms with E-state index in [2.05, 4.69) is 32.2 Å². The molecule has 1 fully saturated rings. The summed E-state index contributed by atoms with van der Waals surface area (Å²) in [6.07, 6.45) is 0. The molecule has 1 aliphatic heterocycles. The zero-order chi connectivity index (χ0) is 19.3. The van der Waals surface area contributed by atoms with Crippen LogP contribution in [-0.4, -0.2) is 44.2 Å². The summed E-state index contributed by atoms with van der Waals surface area (Å²) in [6.45, 7) is 4.11. The minimum atomic E-state index is -0.120. The highest BCUT2D eigenvalue weighted by Crippen LogP contribution is 2.26. The van der Waals surface area contributed by atoms with Gasteiger partial charge in [-0.05, 0) is 23.6 Å². The zero-order valence-electron chi connectivity index (χ0n) is 15.6. The summed E-state index contributed by atoms with van der Waals surface area (Å²) in [4.78, 5) is 22.6. The van der Waals surface area contributed by atoms with Crippen molar-refractivity contribution < 1.29 is 9.53 Å². The van der Waals surface area contributed by atoms with Crippen molar-refractivity contribution in [1.29, 1.82) is 0 Å². The molecule has 0 saturated carbocycles. The fourth-order valence-electron chi connectivity index (χ4n) is 3.15. The number of methoxy groups -OCH3 is 1. The van der Waals surface area contributed by atoms with Crippen LogP contribution in [-0.2, 0) is 6.54 Å². The van der Waals surface area contributed by atoms with Crippen LogP contribution >= 0.6 is 22.7 Å². The highest BCUT2D eigenvalue weighted by atomic mass is 32.1. The third kappa shape index (κ3) is 4.28. The van der Waals surface area contributed by atoms with Gasteiger partial charge in [0.25, 0.3) is 5.91 Å². The van der Waals surface area contributed by atoms with Crippen LogP contribution in [0.5, 0.6) is 5.75 Å². The Hall–Kier alpha value is -2.58. The molecule has 3 heterocycles. The molecule has 146 valence electrons. The van der Waals surface area contributed by atoms with Crippen LogP contribution in [0.3, 0.4) is 0 Å². The molecule has 8 heteroatoms. The van der Waals surface area contributed by atoms with E-state index in [-0.39, 0.29) is 5.91 Å². The highest BCUT2D eigenvalue weighted by molar-refractivity contribution is 7.14. The summed E-state index contributed by atoms with van der Waals surface area (Å²) in [5, 5.41) is 7.69. The lowest BCUT2D eigenvalue weighted by atomic mass is 10.2. The zero-order valence-corrected chi connectivity index (χ0v) is 17.3. The van der Waals surface area contributed by atoms with Gasteiger partial charge < -0.3 is 19.9 Å². The number of aromatic nitrogens is 1. The summed E-state index contributed by atoms with van der Waals surface area (Å²) in [5.41, 5.74) is 1.67. The Morgan fingerprint density at radius 1 is 1.14 bits per heavy atom. The van der Waals surface area contributed by atoms with E-state index in [1.54, 1.807) is 18.4 Å². The summed E-state index contributed by atoms with van der Waals surface area (Å²) < 4.78 is 5.32. The summed E-state index contributed by atoms with van der Waals surface area (Å²) in [6, 6.07) is 12.1. The first-order chi connectivity index (χ1) is 13.7. The molecule has 4 rings (SSSR count). The van der Waals surface area contributed by atoms with E-state index < -0.39 is 0 Å². The Balaban J connectivity index is 1.33. The lowest BCUT2D eigenvalue weighted by molar-refractivity contribution is 0.0947.